The first-order valence-corrected chi connectivity index (χ1v) is 7.55. The van der Waals surface area contributed by atoms with Gasteiger partial charge in [0.05, 0.1) is 33.0 Å². The van der Waals surface area contributed by atoms with Crippen molar-refractivity contribution in [3.05, 3.63) is 17.5 Å². The first-order valence-electron chi connectivity index (χ1n) is 7.17. The summed E-state index contributed by atoms with van der Waals surface area (Å²) in [5.41, 5.74) is 0. The lowest BCUT2D eigenvalue weighted by molar-refractivity contribution is 0.00871. The summed E-state index contributed by atoms with van der Waals surface area (Å²) in [5, 5.41) is 0.169. The third kappa shape index (κ3) is 10.4. The fourth-order valence-electron chi connectivity index (χ4n) is 1.39. The Bertz CT molecular complexity index is 369. The zero-order chi connectivity index (χ0) is 15.2. The van der Waals surface area contributed by atoms with Crippen molar-refractivity contribution in [3.63, 3.8) is 0 Å². The summed E-state index contributed by atoms with van der Waals surface area (Å²) in [6.45, 7) is 6.15. The van der Waals surface area contributed by atoms with Crippen molar-refractivity contribution in [3.8, 4) is 5.88 Å². The van der Waals surface area contributed by atoms with Crippen molar-refractivity contribution in [2.75, 3.05) is 46.2 Å². The predicted molar refractivity (Wildman–Crippen MR) is 79.9 cm³/mol. The maximum Gasteiger partial charge on any atom is 0.225 e. The van der Waals surface area contributed by atoms with Gasteiger partial charge in [-0.1, -0.05) is 13.3 Å². The number of hydrogen-bond donors (Lipinski definition) is 0. The Balaban J connectivity index is 1.82. The van der Waals surface area contributed by atoms with Crippen molar-refractivity contribution in [2.45, 2.75) is 19.8 Å². The maximum atomic E-state index is 5.64. The van der Waals surface area contributed by atoms with E-state index in [1.165, 1.54) is 0 Å². The van der Waals surface area contributed by atoms with Crippen LogP contribution in [0.4, 0.5) is 0 Å². The molecule has 0 aromatic carbocycles. The van der Waals surface area contributed by atoms with E-state index in [2.05, 4.69) is 16.9 Å². The second kappa shape index (κ2) is 12.8. The van der Waals surface area contributed by atoms with Crippen molar-refractivity contribution in [2.24, 2.45) is 0 Å². The molecule has 1 aromatic heterocycles. The molecule has 6 nitrogen and oxygen atoms in total. The summed E-state index contributed by atoms with van der Waals surface area (Å²) in [6.07, 6.45) is 3.79. The van der Waals surface area contributed by atoms with Crippen LogP contribution in [0.15, 0.2) is 12.3 Å². The van der Waals surface area contributed by atoms with Crippen molar-refractivity contribution in [1.29, 1.82) is 0 Å². The normalized spacial score (nSPS) is 10.8. The Labute approximate surface area is 130 Å². The first kappa shape index (κ1) is 18.1. The van der Waals surface area contributed by atoms with Crippen molar-refractivity contribution >= 4 is 11.6 Å². The van der Waals surface area contributed by atoms with E-state index in [-0.39, 0.29) is 5.28 Å². The van der Waals surface area contributed by atoms with Gasteiger partial charge < -0.3 is 18.9 Å². The minimum atomic E-state index is 0.169. The zero-order valence-electron chi connectivity index (χ0n) is 12.4. The number of ether oxygens (including phenoxy) is 4. The van der Waals surface area contributed by atoms with Gasteiger partial charge in [0.2, 0.25) is 11.2 Å². The second-order valence-corrected chi connectivity index (χ2v) is 4.54. The van der Waals surface area contributed by atoms with Gasteiger partial charge in [0.25, 0.3) is 0 Å². The molecule has 1 heterocycles. The smallest absolute Gasteiger partial charge is 0.225 e. The zero-order valence-corrected chi connectivity index (χ0v) is 13.2. The van der Waals surface area contributed by atoms with Crippen LogP contribution in [0, 0.1) is 0 Å². The molecule has 1 rings (SSSR count). The van der Waals surface area contributed by atoms with Gasteiger partial charge in [0.15, 0.2) is 0 Å². The molecule has 0 fully saturated rings. The number of hydrogen-bond acceptors (Lipinski definition) is 6. The van der Waals surface area contributed by atoms with Gasteiger partial charge in [0, 0.05) is 18.9 Å². The average Bonchev–Trinajstić information content (AvgIpc) is 2.48. The quantitative estimate of drug-likeness (QED) is 0.411. The molecule has 0 aliphatic rings. The van der Waals surface area contributed by atoms with E-state index in [0.717, 1.165) is 19.4 Å². The summed E-state index contributed by atoms with van der Waals surface area (Å²) >= 11 is 5.64. The molecule has 0 radical (unpaired) electrons. The Hall–Kier alpha value is -0.950. The van der Waals surface area contributed by atoms with Gasteiger partial charge in [-0.05, 0) is 18.0 Å². The molecule has 21 heavy (non-hydrogen) atoms. The molecular weight excluding hydrogens is 296 g/mol. The minimum Gasteiger partial charge on any atom is -0.475 e. The molecule has 0 saturated heterocycles. The molecular formula is C14H23ClN2O4. The lowest BCUT2D eigenvalue weighted by Crippen LogP contribution is -2.13. The maximum absolute atomic E-state index is 5.64. The summed E-state index contributed by atoms with van der Waals surface area (Å²) in [4.78, 5) is 7.67. The first-order chi connectivity index (χ1) is 10.3. The highest BCUT2D eigenvalue weighted by Crippen LogP contribution is 2.07. The Morgan fingerprint density at radius 2 is 1.57 bits per heavy atom. The highest BCUT2D eigenvalue weighted by atomic mass is 35.5. The van der Waals surface area contributed by atoms with Crippen molar-refractivity contribution in [1.82, 2.24) is 9.97 Å². The molecule has 0 atom stereocenters. The lowest BCUT2D eigenvalue weighted by atomic mass is 10.4. The van der Waals surface area contributed by atoms with E-state index in [9.17, 15) is 0 Å². The molecule has 1 aromatic rings. The van der Waals surface area contributed by atoms with Crippen LogP contribution in [0.5, 0.6) is 5.88 Å². The van der Waals surface area contributed by atoms with E-state index in [1.807, 2.05) is 0 Å². The molecule has 0 aliphatic heterocycles. The SMILES string of the molecule is CCCCOCCOCCOCCOc1ccnc(Cl)n1. The van der Waals surface area contributed by atoms with E-state index < -0.39 is 0 Å². The van der Waals surface area contributed by atoms with Gasteiger partial charge in [-0.3, -0.25) is 0 Å². The van der Waals surface area contributed by atoms with Crippen molar-refractivity contribution < 1.29 is 18.9 Å². The van der Waals surface area contributed by atoms with Crippen LogP contribution < -0.4 is 4.74 Å². The van der Waals surface area contributed by atoms with E-state index in [1.54, 1.807) is 12.3 Å². The molecule has 0 aliphatic carbocycles. The highest BCUT2D eigenvalue weighted by Gasteiger charge is 1.97. The van der Waals surface area contributed by atoms with Gasteiger partial charge in [-0.15, -0.1) is 0 Å². The molecule has 0 amide bonds. The van der Waals surface area contributed by atoms with Crippen LogP contribution >= 0.6 is 11.6 Å². The fraction of sp³-hybridized carbons (Fsp3) is 0.714. The third-order valence-corrected chi connectivity index (χ3v) is 2.65. The molecule has 0 spiro atoms. The highest BCUT2D eigenvalue weighted by molar-refractivity contribution is 6.28. The standard InChI is InChI=1S/C14H23ClN2O4/c1-2-3-6-18-7-8-19-9-10-20-11-12-21-13-4-5-16-14(15)17-13/h4-5H,2-3,6-12H2,1H3. The summed E-state index contributed by atoms with van der Waals surface area (Å²) < 4.78 is 21.4. The monoisotopic (exact) mass is 318 g/mol. The number of halogens is 1. The van der Waals surface area contributed by atoms with E-state index >= 15 is 0 Å². The van der Waals surface area contributed by atoms with Crippen LogP contribution in [0.25, 0.3) is 0 Å². The van der Waals surface area contributed by atoms with E-state index in [0.29, 0.717) is 45.5 Å². The van der Waals surface area contributed by atoms with Gasteiger partial charge in [-0.2, -0.15) is 4.98 Å². The third-order valence-electron chi connectivity index (χ3n) is 2.46. The number of rotatable bonds is 13. The minimum absolute atomic E-state index is 0.169. The number of aromatic nitrogens is 2. The molecule has 0 N–H and O–H groups in total. The molecule has 0 bridgehead atoms. The predicted octanol–water partition coefficient (Wildman–Crippen LogP) is 2.36. The molecule has 120 valence electrons. The van der Waals surface area contributed by atoms with Gasteiger partial charge in [-0.25, -0.2) is 4.98 Å². The Morgan fingerprint density at radius 3 is 2.19 bits per heavy atom. The topological polar surface area (TPSA) is 62.7 Å². The largest absolute Gasteiger partial charge is 0.475 e. The summed E-state index contributed by atoms with van der Waals surface area (Å²) in [7, 11) is 0. The lowest BCUT2D eigenvalue weighted by Gasteiger charge is -2.07. The van der Waals surface area contributed by atoms with Crippen LogP contribution in [0.2, 0.25) is 5.28 Å². The molecule has 7 heteroatoms. The number of nitrogens with zero attached hydrogens (tertiary/aromatic N) is 2. The van der Waals surface area contributed by atoms with Gasteiger partial charge in [0.1, 0.15) is 6.61 Å². The second-order valence-electron chi connectivity index (χ2n) is 4.20. The number of unbranched alkanes of at least 4 members (excludes halogenated alkanes) is 1. The molecule has 0 unspecified atom stereocenters. The fourth-order valence-corrected chi connectivity index (χ4v) is 1.53. The van der Waals surface area contributed by atoms with E-state index in [4.69, 9.17) is 30.5 Å². The van der Waals surface area contributed by atoms with Gasteiger partial charge >= 0.3 is 0 Å². The van der Waals surface area contributed by atoms with Crippen LogP contribution in [-0.4, -0.2) is 56.2 Å². The Morgan fingerprint density at radius 1 is 0.952 bits per heavy atom. The molecule has 0 saturated carbocycles. The van der Waals surface area contributed by atoms with Crippen LogP contribution in [0.3, 0.4) is 0 Å². The van der Waals surface area contributed by atoms with Crippen LogP contribution in [-0.2, 0) is 14.2 Å². The summed E-state index contributed by atoms with van der Waals surface area (Å²) in [6, 6.07) is 1.65. The average molecular weight is 319 g/mol. The Kier molecular flexibility index (Phi) is 11.0. The van der Waals surface area contributed by atoms with Crippen LogP contribution in [0.1, 0.15) is 19.8 Å². The summed E-state index contributed by atoms with van der Waals surface area (Å²) in [5.74, 6) is 0.444.